The second-order valence-corrected chi connectivity index (χ2v) is 5.06. The van der Waals surface area contributed by atoms with Crippen molar-refractivity contribution in [3.05, 3.63) is 28.8 Å². The van der Waals surface area contributed by atoms with Crippen LogP contribution >= 0.6 is 0 Å². The van der Waals surface area contributed by atoms with Gasteiger partial charge in [-0.1, -0.05) is 6.07 Å². The number of phenolic OH excluding ortho intramolecular Hbond substituents is 1. The predicted molar refractivity (Wildman–Crippen MR) is 61.7 cm³/mol. The van der Waals surface area contributed by atoms with Crippen molar-refractivity contribution in [2.24, 2.45) is 5.41 Å². The average molecular weight is 236 g/mol. The number of carboxylic acid groups (broad SMARTS) is 1. The van der Waals surface area contributed by atoms with Crippen LogP contribution < -0.4 is 0 Å². The van der Waals surface area contributed by atoms with E-state index in [1.54, 1.807) is 19.9 Å². The fraction of sp³-hybridized carbons (Fsp3) is 0.462. The Morgan fingerprint density at radius 1 is 1.41 bits per heavy atom. The first-order valence-corrected chi connectivity index (χ1v) is 5.55. The summed E-state index contributed by atoms with van der Waals surface area (Å²) in [7, 11) is 0. The van der Waals surface area contributed by atoms with Crippen molar-refractivity contribution in [1.82, 2.24) is 0 Å². The van der Waals surface area contributed by atoms with Crippen LogP contribution in [0.4, 0.5) is 0 Å². The van der Waals surface area contributed by atoms with E-state index in [4.69, 9.17) is 9.84 Å². The molecule has 92 valence electrons. The van der Waals surface area contributed by atoms with Gasteiger partial charge in [0.05, 0.1) is 18.6 Å². The first-order chi connectivity index (χ1) is 7.92. The van der Waals surface area contributed by atoms with Crippen molar-refractivity contribution >= 4 is 5.97 Å². The molecule has 4 heteroatoms. The molecule has 0 fully saturated rings. The van der Waals surface area contributed by atoms with E-state index in [-0.39, 0.29) is 5.75 Å². The van der Waals surface area contributed by atoms with Gasteiger partial charge in [0.15, 0.2) is 0 Å². The van der Waals surface area contributed by atoms with Gasteiger partial charge in [-0.3, -0.25) is 4.79 Å². The smallest absolute Gasteiger partial charge is 0.309 e. The number of ether oxygens (including phenoxy) is 1. The molecular weight excluding hydrogens is 220 g/mol. The fourth-order valence-corrected chi connectivity index (χ4v) is 2.02. The number of carbonyl (C=O) groups is 1. The van der Waals surface area contributed by atoms with Gasteiger partial charge in [0.2, 0.25) is 0 Å². The van der Waals surface area contributed by atoms with Crippen LogP contribution in [-0.4, -0.2) is 16.2 Å². The molecule has 1 aliphatic heterocycles. The van der Waals surface area contributed by atoms with E-state index in [1.165, 1.54) is 0 Å². The Labute approximate surface area is 99.8 Å². The predicted octanol–water partition coefficient (Wildman–Crippen LogP) is 2.08. The Bertz CT molecular complexity index is 463. The van der Waals surface area contributed by atoms with Gasteiger partial charge in [0.1, 0.15) is 5.75 Å². The summed E-state index contributed by atoms with van der Waals surface area (Å²) < 4.78 is 5.33. The first kappa shape index (κ1) is 11.9. The van der Waals surface area contributed by atoms with Gasteiger partial charge in [0, 0.05) is 5.56 Å². The Kier molecular flexibility index (Phi) is 2.83. The number of phenols is 1. The van der Waals surface area contributed by atoms with Crippen LogP contribution in [0.3, 0.4) is 0 Å². The molecule has 2 rings (SSSR count). The first-order valence-electron chi connectivity index (χ1n) is 5.55. The van der Waals surface area contributed by atoms with Gasteiger partial charge in [-0.25, -0.2) is 0 Å². The quantitative estimate of drug-likeness (QED) is 0.843. The minimum absolute atomic E-state index is 0.156. The highest BCUT2D eigenvalue weighted by atomic mass is 16.5. The normalized spacial score (nSPS) is 14.7. The molecule has 0 bridgehead atoms. The van der Waals surface area contributed by atoms with Gasteiger partial charge >= 0.3 is 5.97 Å². The van der Waals surface area contributed by atoms with Crippen molar-refractivity contribution in [2.45, 2.75) is 33.5 Å². The number of carboxylic acids is 1. The molecule has 0 spiro atoms. The number of fused-ring (bicyclic) bond motifs is 1. The second-order valence-electron chi connectivity index (χ2n) is 5.06. The number of hydrogen-bond acceptors (Lipinski definition) is 3. The molecule has 0 saturated heterocycles. The van der Waals surface area contributed by atoms with Crippen LogP contribution in [0.25, 0.3) is 0 Å². The molecule has 2 N–H and O–H groups in total. The van der Waals surface area contributed by atoms with Gasteiger partial charge in [-0.15, -0.1) is 0 Å². The summed E-state index contributed by atoms with van der Waals surface area (Å²) >= 11 is 0. The van der Waals surface area contributed by atoms with E-state index in [1.807, 2.05) is 6.07 Å². The number of benzene rings is 1. The van der Waals surface area contributed by atoms with E-state index < -0.39 is 11.4 Å². The summed E-state index contributed by atoms with van der Waals surface area (Å²) in [4.78, 5) is 11.1. The van der Waals surface area contributed by atoms with Crippen molar-refractivity contribution in [2.75, 3.05) is 0 Å². The van der Waals surface area contributed by atoms with Crippen LogP contribution in [0.5, 0.6) is 5.75 Å². The third-order valence-corrected chi connectivity index (χ3v) is 3.21. The Hall–Kier alpha value is -1.55. The van der Waals surface area contributed by atoms with E-state index in [0.29, 0.717) is 25.2 Å². The molecule has 0 aromatic heterocycles. The summed E-state index contributed by atoms with van der Waals surface area (Å²) in [6, 6.07) is 3.44. The summed E-state index contributed by atoms with van der Waals surface area (Å²) in [6.07, 6.45) is 0.306. The minimum atomic E-state index is -0.894. The number of rotatable bonds is 3. The van der Waals surface area contributed by atoms with Crippen LogP contribution in [-0.2, 0) is 29.2 Å². The molecule has 1 aliphatic rings. The highest BCUT2D eigenvalue weighted by Gasteiger charge is 2.31. The highest BCUT2D eigenvalue weighted by Crippen LogP contribution is 2.35. The zero-order valence-electron chi connectivity index (χ0n) is 9.99. The standard InChI is InChI=1S/C13H16O4/c1-13(2,12(15)16)5-9-10-7-17-6-8(10)3-4-11(9)14/h3-4,14H,5-7H2,1-2H3,(H,15,16). The lowest BCUT2D eigenvalue weighted by Crippen LogP contribution is -2.26. The largest absolute Gasteiger partial charge is 0.508 e. The maximum absolute atomic E-state index is 11.1. The van der Waals surface area contributed by atoms with Gasteiger partial charge in [-0.05, 0) is 37.5 Å². The SMILES string of the molecule is CC(C)(Cc1c(O)ccc2c1COC2)C(=O)O. The van der Waals surface area contributed by atoms with Crippen molar-refractivity contribution in [3.63, 3.8) is 0 Å². The molecular formula is C13H16O4. The van der Waals surface area contributed by atoms with Crippen molar-refractivity contribution < 1.29 is 19.7 Å². The maximum Gasteiger partial charge on any atom is 0.309 e. The summed E-state index contributed by atoms with van der Waals surface area (Å²) in [6.45, 7) is 4.30. The molecule has 0 amide bonds. The lowest BCUT2D eigenvalue weighted by molar-refractivity contribution is -0.146. The van der Waals surface area contributed by atoms with Crippen LogP contribution in [0.15, 0.2) is 12.1 Å². The lowest BCUT2D eigenvalue weighted by Gasteiger charge is -2.21. The summed E-state index contributed by atoms with van der Waals surface area (Å²) in [5.74, 6) is -0.711. The molecule has 0 atom stereocenters. The lowest BCUT2D eigenvalue weighted by atomic mass is 9.83. The molecule has 1 heterocycles. The second kappa shape index (κ2) is 4.04. The highest BCUT2D eigenvalue weighted by molar-refractivity contribution is 5.74. The van der Waals surface area contributed by atoms with E-state index >= 15 is 0 Å². The number of hydrogen-bond donors (Lipinski definition) is 2. The molecule has 17 heavy (non-hydrogen) atoms. The van der Waals surface area contributed by atoms with Gasteiger partial charge < -0.3 is 14.9 Å². The molecule has 0 radical (unpaired) electrons. The molecule has 1 aromatic carbocycles. The van der Waals surface area contributed by atoms with Crippen LogP contribution in [0.1, 0.15) is 30.5 Å². The minimum Gasteiger partial charge on any atom is -0.508 e. The molecule has 0 unspecified atom stereocenters. The van der Waals surface area contributed by atoms with Crippen LogP contribution in [0, 0.1) is 5.41 Å². The average Bonchev–Trinajstić information content (AvgIpc) is 2.70. The summed E-state index contributed by atoms with van der Waals surface area (Å²) in [5, 5.41) is 19.0. The van der Waals surface area contributed by atoms with Gasteiger partial charge in [0.25, 0.3) is 0 Å². The zero-order chi connectivity index (χ0) is 12.6. The number of aliphatic carboxylic acids is 1. The molecule has 4 nitrogen and oxygen atoms in total. The van der Waals surface area contributed by atoms with Crippen molar-refractivity contribution in [1.29, 1.82) is 0 Å². The van der Waals surface area contributed by atoms with E-state index in [2.05, 4.69) is 0 Å². The third-order valence-electron chi connectivity index (χ3n) is 3.21. The fourth-order valence-electron chi connectivity index (χ4n) is 2.02. The van der Waals surface area contributed by atoms with E-state index in [0.717, 1.165) is 11.1 Å². The molecule has 0 aliphatic carbocycles. The Morgan fingerprint density at radius 2 is 2.12 bits per heavy atom. The third kappa shape index (κ3) is 2.13. The summed E-state index contributed by atoms with van der Waals surface area (Å²) in [5.41, 5.74) is 1.79. The molecule has 0 saturated carbocycles. The Balaban J connectivity index is 2.39. The monoisotopic (exact) mass is 236 g/mol. The zero-order valence-corrected chi connectivity index (χ0v) is 9.99. The van der Waals surface area contributed by atoms with Crippen molar-refractivity contribution in [3.8, 4) is 5.75 Å². The topological polar surface area (TPSA) is 66.8 Å². The number of aromatic hydroxyl groups is 1. The van der Waals surface area contributed by atoms with E-state index in [9.17, 15) is 9.90 Å². The Morgan fingerprint density at radius 3 is 2.76 bits per heavy atom. The van der Waals surface area contributed by atoms with Gasteiger partial charge in [-0.2, -0.15) is 0 Å². The maximum atomic E-state index is 11.1. The molecule has 1 aromatic rings. The van der Waals surface area contributed by atoms with Crippen LogP contribution in [0.2, 0.25) is 0 Å².